The normalized spacial score (nSPS) is 10.7. The number of hydrogen-bond donors (Lipinski definition) is 0. The molecular weight excluding hydrogens is 228 g/mol. The third-order valence-corrected chi connectivity index (χ3v) is 2.69. The Labute approximate surface area is 106 Å². The van der Waals surface area contributed by atoms with Crippen LogP contribution in [-0.2, 0) is 4.74 Å². The monoisotopic (exact) mass is 244 g/mol. The van der Waals surface area contributed by atoms with Gasteiger partial charge < -0.3 is 4.74 Å². The van der Waals surface area contributed by atoms with E-state index in [2.05, 4.69) is 5.10 Å². The maximum atomic E-state index is 11.7. The number of hydrogen-bond acceptors (Lipinski definition) is 3. The number of carbonyl (C=O) groups excluding carboxylic acids is 1. The second-order valence-corrected chi connectivity index (χ2v) is 4.31. The van der Waals surface area contributed by atoms with Gasteiger partial charge >= 0.3 is 5.97 Å². The average molecular weight is 244 g/mol. The van der Waals surface area contributed by atoms with Crippen LogP contribution in [0.5, 0.6) is 0 Å². The first kappa shape index (κ1) is 12.4. The number of esters is 1. The predicted molar refractivity (Wildman–Crippen MR) is 69.4 cm³/mol. The Morgan fingerprint density at radius 1 is 1.28 bits per heavy atom. The molecule has 0 saturated carbocycles. The summed E-state index contributed by atoms with van der Waals surface area (Å²) in [5.41, 5.74) is 2.25. The number of benzene rings is 1. The quantitative estimate of drug-likeness (QED) is 0.780. The summed E-state index contributed by atoms with van der Waals surface area (Å²) in [6.45, 7) is 3.96. The number of methoxy groups -OCH3 is 1. The Morgan fingerprint density at radius 2 is 1.94 bits per heavy atom. The Morgan fingerprint density at radius 3 is 2.50 bits per heavy atom. The molecule has 0 radical (unpaired) electrons. The van der Waals surface area contributed by atoms with E-state index in [-0.39, 0.29) is 12.0 Å². The van der Waals surface area contributed by atoms with Gasteiger partial charge in [-0.3, -0.25) is 4.68 Å². The zero-order chi connectivity index (χ0) is 13.1. The van der Waals surface area contributed by atoms with Gasteiger partial charge in [-0.15, -0.1) is 0 Å². The molecule has 94 valence electrons. The molecule has 1 aromatic carbocycles. The molecule has 0 bridgehead atoms. The largest absolute Gasteiger partial charge is 0.464 e. The molecule has 0 aliphatic rings. The van der Waals surface area contributed by atoms with E-state index in [1.54, 1.807) is 10.7 Å². The molecule has 2 aromatic rings. The summed E-state index contributed by atoms with van der Waals surface area (Å²) in [5, 5.41) is 4.46. The number of nitrogens with zero attached hydrogens (tertiary/aromatic N) is 2. The molecule has 0 N–H and O–H groups in total. The lowest BCUT2D eigenvalue weighted by Gasteiger charge is -2.08. The van der Waals surface area contributed by atoms with Crippen LogP contribution in [0.4, 0.5) is 0 Å². The molecule has 0 aliphatic carbocycles. The van der Waals surface area contributed by atoms with E-state index in [4.69, 9.17) is 4.74 Å². The maximum Gasteiger partial charge on any atom is 0.356 e. The van der Waals surface area contributed by atoms with Crippen LogP contribution in [0.2, 0.25) is 0 Å². The van der Waals surface area contributed by atoms with Gasteiger partial charge in [-0.2, -0.15) is 5.10 Å². The van der Waals surface area contributed by atoms with E-state index in [0.717, 1.165) is 11.3 Å². The number of rotatable bonds is 3. The van der Waals surface area contributed by atoms with Crippen molar-refractivity contribution in [1.29, 1.82) is 0 Å². The lowest BCUT2D eigenvalue weighted by Crippen LogP contribution is -2.13. The van der Waals surface area contributed by atoms with E-state index in [1.807, 2.05) is 44.2 Å². The van der Waals surface area contributed by atoms with Crippen LogP contribution in [0.3, 0.4) is 0 Å². The van der Waals surface area contributed by atoms with Gasteiger partial charge in [-0.1, -0.05) is 30.3 Å². The number of ether oxygens (including phenoxy) is 1. The first-order chi connectivity index (χ1) is 8.63. The highest BCUT2D eigenvalue weighted by Gasteiger charge is 2.18. The van der Waals surface area contributed by atoms with Crippen LogP contribution in [0, 0.1) is 0 Å². The minimum absolute atomic E-state index is 0.108. The molecule has 0 spiro atoms. The van der Waals surface area contributed by atoms with Crippen molar-refractivity contribution in [2.75, 3.05) is 7.11 Å². The van der Waals surface area contributed by atoms with E-state index in [0.29, 0.717) is 5.69 Å². The molecule has 4 nitrogen and oxygen atoms in total. The minimum Gasteiger partial charge on any atom is -0.464 e. The zero-order valence-electron chi connectivity index (χ0n) is 10.8. The summed E-state index contributed by atoms with van der Waals surface area (Å²) in [6.07, 6.45) is 0. The summed E-state index contributed by atoms with van der Waals surface area (Å²) >= 11 is 0. The molecule has 0 amide bonds. The Balaban J connectivity index is 2.49. The summed E-state index contributed by atoms with van der Waals surface area (Å²) in [4.78, 5) is 11.7. The minimum atomic E-state index is -0.363. The lowest BCUT2D eigenvalue weighted by molar-refractivity contribution is 0.0584. The van der Waals surface area contributed by atoms with Gasteiger partial charge in [0.2, 0.25) is 0 Å². The standard InChI is InChI=1S/C14H16N2O2/c1-10(2)16-13(14(17)18-3)9-12(15-16)11-7-5-4-6-8-11/h4-10H,1-3H3. The topological polar surface area (TPSA) is 44.1 Å². The Hall–Kier alpha value is -2.10. The van der Waals surface area contributed by atoms with Gasteiger partial charge in [0.05, 0.1) is 12.8 Å². The smallest absolute Gasteiger partial charge is 0.356 e. The van der Waals surface area contributed by atoms with Crippen LogP contribution in [0.15, 0.2) is 36.4 Å². The molecule has 2 rings (SSSR count). The van der Waals surface area contributed by atoms with Crippen molar-refractivity contribution >= 4 is 5.97 Å². The second kappa shape index (κ2) is 5.04. The van der Waals surface area contributed by atoms with Gasteiger partial charge in [0, 0.05) is 11.6 Å². The molecule has 18 heavy (non-hydrogen) atoms. The number of aromatic nitrogens is 2. The summed E-state index contributed by atoms with van der Waals surface area (Å²) in [6, 6.07) is 11.6. The fourth-order valence-corrected chi connectivity index (χ4v) is 1.80. The Kier molecular flexibility index (Phi) is 3.46. The lowest BCUT2D eigenvalue weighted by atomic mass is 10.1. The summed E-state index contributed by atoms with van der Waals surface area (Å²) in [7, 11) is 1.38. The second-order valence-electron chi connectivity index (χ2n) is 4.31. The predicted octanol–water partition coefficient (Wildman–Crippen LogP) is 2.92. The van der Waals surface area contributed by atoms with Gasteiger partial charge in [0.1, 0.15) is 5.69 Å². The van der Waals surface area contributed by atoms with Crippen molar-refractivity contribution in [2.24, 2.45) is 0 Å². The third kappa shape index (κ3) is 2.27. The van der Waals surface area contributed by atoms with E-state index < -0.39 is 0 Å². The summed E-state index contributed by atoms with van der Waals surface area (Å²) in [5.74, 6) is -0.363. The molecule has 4 heteroatoms. The highest BCUT2D eigenvalue weighted by molar-refractivity contribution is 5.89. The van der Waals surface area contributed by atoms with Gasteiger partial charge in [-0.05, 0) is 19.9 Å². The molecule has 0 atom stereocenters. The summed E-state index contributed by atoms with van der Waals surface area (Å²) < 4.78 is 6.47. The molecule has 0 fully saturated rings. The first-order valence-electron chi connectivity index (χ1n) is 5.86. The highest BCUT2D eigenvalue weighted by atomic mass is 16.5. The average Bonchev–Trinajstić information content (AvgIpc) is 2.84. The SMILES string of the molecule is COC(=O)c1cc(-c2ccccc2)nn1C(C)C. The van der Waals surface area contributed by atoms with Crippen LogP contribution in [0.1, 0.15) is 30.4 Å². The Bertz CT molecular complexity index is 544. The van der Waals surface area contributed by atoms with Crippen LogP contribution in [0.25, 0.3) is 11.3 Å². The fraction of sp³-hybridized carbons (Fsp3) is 0.286. The fourth-order valence-electron chi connectivity index (χ4n) is 1.80. The molecule has 0 saturated heterocycles. The van der Waals surface area contributed by atoms with Crippen molar-refractivity contribution in [2.45, 2.75) is 19.9 Å². The molecule has 0 aliphatic heterocycles. The van der Waals surface area contributed by atoms with Crippen LogP contribution < -0.4 is 0 Å². The number of carbonyl (C=O) groups is 1. The van der Waals surface area contributed by atoms with Gasteiger partial charge in [0.25, 0.3) is 0 Å². The van der Waals surface area contributed by atoms with Crippen molar-refractivity contribution in [3.05, 3.63) is 42.1 Å². The maximum absolute atomic E-state index is 11.7. The van der Waals surface area contributed by atoms with Crippen LogP contribution >= 0.6 is 0 Å². The zero-order valence-corrected chi connectivity index (χ0v) is 10.8. The van der Waals surface area contributed by atoms with Crippen molar-refractivity contribution in [3.8, 4) is 11.3 Å². The molecule has 1 aromatic heterocycles. The van der Waals surface area contributed by atoms with Crippen molar-refractivity contribution in [3.63, 3.8) is 0 Å². The molecule has 0 unspecified atom stereocenters. The van der Waals surface area contributed by atoms with E-state index in [9.17, 15) is 4.79 Å². The van der Waals surface area contributed by atoms with Crippen molar-refractivity contribution < 1.29 is 9.53 Å². The van der Waals surface area contributed by atoms with Crippen LogP contribution in [-0.4, -0.2) is 22.9 Å². The van der Waals surface area contributed by atoms with Gasteiger partial charge in [-0.25, -0.2) is 4.79 Å². The van der Waals surface area contributed by atoms with Gasteiger partial charge in [0.15, 0.2) is 0 Å². The van der Waals surface area contributed by atoms with Crippen molar-refractivity contribution in [1.82, 2.24) is 9.78 Å². The first-order valence-corrected chi connectivity index (χ1v) is 5.86. The third-order valence-electron chi connectivity index (χ3n) is 2.69. The molecular formula is C14H16N2O2. The highest BCUT2D eigenvalue weighted by Crippen LogP contribution is 2.21. The van der Waals surface area contributed by atoms with E-state index in [1.165, 1.54) is 7.11 Å². The molecule has 1 heterocycles. The van der Waals surface area contributed by atoms with E-state index >= 15 is 0 Å².